The van der Waals surface area contributed by atoms with Crippen LogP contribution >= 0.6 is 0 Å². The predicted molar refractivity (Wildman–Crippen MR) is 119 cm³/mol. The van der Waals surface area contributed by atoms with Gasteiger partial charge < -0.3 is 9.80 Å². The van der Waals surface area contributed by atoms with Crippen LogP contribution in [0.1, 0.15) is 38.2 Å². The lowest BCUT2D eigenvalue weighted by atomic mass is 9.60. The lowest BCUT2D eigenvalue weighted by molar-refractivity contribution is -0.197. The Morgan fingerprint density at radius 2 is 1.88 bits per heavy atom. The van der Waals surface area contributed by atoms with Crippen molar-refractivity contribution in [1.29, 1.82) is 0 Å². The number of hydrogen-bond acceptors (Lipinski definition) is 4. The van der Waals surface area contributed by atoms with Gasteiger partial charge in [-0.05, 0) is 36.7 Å². The van der Waals surface area contributed by atoms with E-state index in [1.807, 2.05) is 48.2 Å². The highest BCUT2D eigenvalue weighted by molar-refractivity contribution is 7.89. The smallest absolute Gasteiger partial charge is 0.328 e. The maximum atomic E-state index is 13.4. The Morgan fingerprint density at radius 3 is 2.42 bits per heavy atom. The second-order valence-corrected chi connectivity index (χ2v) is 11.5. The van der Waals surface area contributed by atoms with Gasteiger partial charge in [-0.25, -0.2) is 13.6 Å². The van der Waals surface area contributed by atoms with E-state index < -0.39 is 34.2 Å². The van der Waals surface area contributed by atoms with E-state index in [1.54, 1.807) is 0 Å². The molecule has 1 saturated heterocycles. The molecule has 1 aromatic carbocycles. The number of primary sulfonamides is 1. The van der Waals surface area contributed by atoms with Crippen molar-refractivity contribution in [2.75, 3.05) is 25.4 Å². The summed E-state index contributed by atoms with van der Waals surface area (Å²) < 4.78 is 62.6. The van der Waals surface area contributed by atoms with Crippen LogP contribution in [0.25, 0.3) is 6.08 Å². The molecular weight excluding hydrogens is 455 g/mol. The molecule has 2 N–H and O–H groups in total. The number of rotatable bonds is 8. The SMILES string of the molecule is CC/C(=C\c1ccccc1)[C@@H]1C[C@H]1N(C(=O)C(F)(F)F)C1CC2(C1)CN(CCS(N)(=O)=O)C2. The summed E-state index contributed by atoms with van der Waals surface area (Å²) >= 11 is 0. The summed E-state index contributed by atoms with van der Waals surface area (Å²) in [7, 11) is -3.54. The number of sulfonamides is 1. The predicted octanol–water partition coefficient (Wildman–Crippen LogP) is 3.01. The third-order valence-electron chi connectivity index (χ3n) is 7.17. The van der Waals surface area contributed by atoms with Crippen molar-refractivity contribution in [2.24, 2.45) is 16.5 Å². The van der Waals surface area contributed by atoms with Crippen molar-refractivity contribution in [3.05, 3.63) is 41.5 Å². The zero-order valence-corrected chi connectivity index (χ0v) is 19.4. The summed E-state index contributed by atoms with van der Waals surface area (Å²) in [6, 6.07) is 8.82. The average molecular weight is 486 g/mol. The molecule has 6 nitrogen and oxygen atoms in total. The van der Waals surface area contributed by atoms with Crippen LogP contribution in [0.4, 0.5) is 13.2 Å². The molecule has 3 aliphatic rings. The quantitative estimate of drug-likeness (QED) is 0.614. The van der Waals surface area contributed by atoms with E-state index in [1.165, 1.54) is 0 Å². The molecule has 0 radical (unpaired) electrons. The number of nitrogens with zero attached hydrogens (tertiary/aromatic N) is 2. The number of hydrogen-bond donors (Lipinski definition) is 1. The first-order chi connectivity index (χ1) is 15.4. The van der Waals surface area contributed by atoms with Gasteiger partial charge in [0.2, 0.25) is 10.0 Å². The first-order valence-corrected chi connectivity index (χ1v) is 13.0. The van der Waals surface area contributed by atoms with Crippen LogP contribution in [0.2, 0.25) is 0 Å². The number of halogens is 3. The van der Waals surface area contributed by atoms with Crippen LogP contribution in [0.3, 0.4) is 0 Å². The Balaban J connectivity index is 1.41. The molecule has 10 heteroatoms. The summed E-state index contributed by atoms with van der Waals surface area (Å²) in [4.78, 5) is 15.4. The van der Waals surface area contributed by atoms with E-state index >= 15 is 0 Å². The van der Waals surface area contributed by atoms with Crippen molar-refractivity contribution in [3.8, 4) is 0 Å². The molecule has 1 spiro atoms. The Kier molecular flexibility index (Phi) is 6.39. The zero-order valence-electron chi connectivity index (χ0n) is 18.6. The molecule has 182 valence electrons. The van der Waals surface area contributed by atoms with Gasteiger partial charge in [0, 0.05) is 37.6 Å². The summed E-state index contributed by atoms with van der Waals surface area (Å²) in [5.74, 6) is -1.93. The monoisotopic (exact) mass is 485 g/mol. The van der Waals surface area contributed by atoms with Gasteiger partial charge in [-0.2, -0.15) is 13.2 Å². The van der Waals surface area contributed by atoms with E-state index in [0.717, 1.165) is 22.5 Å². The second-order valence-electron chi connectivity index (χ2n) is 9.74. The molecule has 1 aliphatic heterocycles. The first kappa shape index (κ1) is 24.2. The fourth-order valence-corrected chi connectivity index (χ4v) is 6.08. The summed E-state index contributed by atoms with van der Waals surface area (Å²) in [6.45, 7) is 3.58. The fourth-order valence-electron chi connectivity index (χ4n) is 5.57. The Hall–Kier alpha value is -1.91. The van der Waals surface area contributed by atoms with Gasteiger partial charge >= 0.3 is 12.1 Å². The van der Waals surface area contributed by atoms with E-state index in [-0.39, 0.29) is 17.1 Å². The minimum Gasteiger partial charge on any atom is -0.328 e. The minimum atomic E-state index is -4.90. The molecule has 2 aliphatic carbocycles. The lowest BCUT2D eigenvalue weighted by Crippen LogP contribution is -2.68. The van der Waals surface area contributed by atoms with Crippen molar-refractivity contribution >= 4 is 22.0 Å². The average Bonchev–Trinajstić information content (AvgIpc) is 3.45. The van der Waals surface area contributed by atoms with E-state index in [2.05, 4.69) is 0 Å². The molecule has 33 heavy (non-hydrogen) atoms. The van der Waals surface area contributed by atoms with E-state index in [0.29, 0.717) is 38.9 Å². The topological polar surface area (TPSA) is 83.7 Å². The van der Waals surface area contributed by atoms with Crippen LogP contribution in [0.5, 0.6) is 0 Å². The summed E-state index contributed by atoms with van der Waals surface area (Å²) in [5, 5.41) is 5.04. The number of carbonyl (C=O) groups is 1. The molecule has 1 heterocycles. The molecule has 0 aromatic heterocycles. The van der Waals surface area contributed by atoms with Gasteiger partial charge in [-0.1, -0.05) is 48.9 Å². The number of nitrogens with two attached hydrogens (primary N) is 1. The largest absolute Gasteiger partial charge is 0.471 e. The lowest BCUT2D eigenvalue weighted by Gasteiger charge is -2.61. The van der Waals surface area contributed by atoms with Crippen molar-refractivity contribution < 1.29 is 26.4 Å². The highest BCUT2D eigenvalue weighted by Gasteiger charge is 2.61. The Labute approximate surface area is 192 Å². The van der Waals surface area contributed by atoms with Gasteiger partial charge in [0.1, 0.15) is 0 Å². The number of benzene rings is 1. The highest BCUT2D eigenvalue weighted by Crippen LogP contribution is 2.54. The zero-order chi connectivity index (χ0) is 24.0. The van der Waals surface area contributed by atoms with Crippen LogP contribution in [0.15, 0.2) is 35.9 Å². The van der Waals surface area contributed by atoms with Gasteiger partial charge in [0.25, 0.3) is 0 Å². The number of carbonyl (C=O) groups excluding carboxylic acids is 1. The van der Waals surface area contributed by atoms with E-state index in [9.17, 15) is 26.4 Å². The molecule has 0 unspecified atom stereocenters. The van der Waals surface area contributed by atoms with Gasteiger partial charge in [0.15, 0.2) is 0 Å². The summed E-state index contributed by atoms with van der Waals surface area (Å²) in [6.07, 6.45) is -0.553. The minimum absolute atomic E-state index is 0.0503. The van der Waals surface area contributed by atoms with Crippen molar-refractivity contribution in [1.82, 2.24) is 9.80 Å². The van der Waals surface area contributed by atoms with Gasteiger partial charge in [-0.15, -0.1) is 0 Å². The maximum absolute atomic E-state index is 13.4. The Morgan fingerprint density at radius 1 is 1.24 bits per heavy atom. The third-order valence-corrected chi connectivity index (χ3v) is 7.92. The molecule has 1 amide bonds. The number of alkyl halides is 3. The number of amides is 1. The van der Waals surface area contributed by atoms with Crippen LogP contribution in [-0.2, 0) is 14.8 Å². The molecule has 3 fully saturated rings. The van der Waals surface area contributed by atoms with Crippen molar-refractivity contribution in [3.63, 3.8) is 0 Å². The third kappa shape index (κ3) is 5.44. The Bertz CT molecular complexity index is 1010. The van der Waals surface area contributed by atoms with Crippen LogP contribution < -0.4 is 5.14 Å². The molecule has 2 saturated carbocycles. The van der Waals surface area contributed by atoms with Gasteiger partial charge in [-0.3, -0.25) is 4.79 Å². The van der Waals surface area contributed by atoms with Crippen LogP contribution in [-0.4, -0.2) is 67.8 Å². The summed E-state index contributed by atoms with van der Waals surface area (Å²) in [5.41, 5.74) is 1.95. The maximum Gasteiger partial charge on any atom is 0.471 e. The molecule has 4 rings (SSSR count). The van der Waals surface area contributed by atoms with E-state index in [4.69, 9.17) is 5.14 Å². The highest BCUT2D eigenvalue weighted by atomic mass is 32.2. The second kappa shape index (κ2) is 8.70. The first-order valence-electron chi connectivity index (χ1n) is 11.3. The standard InChI is InChI=1S/C23H30F3N3O3S/c1-2-17(10-16-6-4-3-5-7-16)19-11-20(19)29(21(30)23(24,25)26)18-12-22(13-18)14-28(15-22)8-9-33(27,31)32/h3-7,10,18-20H,2,8-9,11-15H2,1H3,(H2,27,31,32)/b17-10+/t19-,20+/m0/s1. The van der Waals surface area contributed by atoms with Crippen molar-refractivity contribution in [2.45, 2.75) is 50.9 Å². The molecule has 2 atom stereocenters. The number of likely N-dealkylation sites (tertiary alicyclic amines) is 1. The molecule has 0 bridgehead atoms. The molecule has 1 aromatic rings. The normalized spacial score (nSPS) is 25.4. The molecular formula is C23H30F3N3O3S. The fraction of sp³-hybridized carbons (Fsp3) is 0.609. The van der Waals surface area contributed by atoms with Crippen LogP contribution in [0, 0.1) is 11.3 Å². The van der Waals surface area contributed by atoms with Gasteiger partial charge in [0.05, 0.1) is 5.75 Å².